The van der Waals surface area contributed by atoms with Crippen molar-refractivity contribution >= 4 is 19.2 Å². The average molecular weight is 368 g/mol. The van der Waals surface area contributed by atoms with Crippen LogP contribution in [0.2, 0.25) is 22.3 Å². The van der Waals surface area contributed by atoms with Gasteiger partial charge in [0.05, 0.1) is 0 Å². The summed E-state index contributed by atoms with van der Waals surface area (Å²) in [5, 5.41) is 11.5. The fourth-order valence-electron chi connectivity index (χ4n) is 1.68. The number of alkyl halides is 3. The summed E-state index contributed by atoms with van der Waals surface area (Å²) in [5.41, 5.74) is 5.13. The number of hydrogen-bond donors (Lipinski definition) is 0. The first kappa shape index (κ1) is 18.0. The molecule has 8 heteroatoms. The molecule has 0 spiro atoms. The van der Waals surface area contributed by atoms with Crippen molar-refractivity contribution < 1.29 is 22.8 Å². The van der Waals surface area contributed by atoms with E-state index in [1.807, 2.05) is 0 Å². The third-order valence-electron chi connectivity index (χ3n) is 2.76. The van der Waals surface area contributed by atoms with Crippen LogP contribution in [-0.4, -0.2) is 31.3 Å². The molecule has 1 rings (SSSR count). The predicted molar refractivity (Wildman–Crippen MR) is 76.0 cm³/mol. The number of para-hydroxylation sites is 1. The number of hydrogen-bond acceptors (Lipinski definition) is 3. The van der Waals surface area contributed by atoms with Crippen LogP contribution in [0, 0.1) is 10.1 Å². The zero-order valence-electron chi connectivity index (χ0n) is 12.1. The predicted octanol–water partition coefficient (Wildman–Crippen LogP) is 4.55. The van der Waals surface area contributed by atoms with Gasteiger partial charge < -0.3 is 0 Å². The Morgan fingerprint density at radius 2 is 1.86 bits per heavy atom. The van der Waals surface area contributed by atoms with Crippen LogP contribution < -0.4 is 0 Å². The van der Waals surface area contributed by atoms with E-state index < -0.39 is 42.0 Å². The van der Waals surface area contributed by atoms with Gasteiger partial charge in [-0.05, 0) is 0 Å². The van der Waals surface area contributed by atoms with Crippen LogP contribution >= 0.6 is 0 Å². The van der Waals surface area contributed by atoms with E-state index in [2.05, 4.69) is 17.1 Å². The van der Waals surface area contributed by atoms with Gasteiger partial charge in [-0.2, -0.15) is 0 Å². The SMILES string of the molecule is C[As](C)(C)CCO[C@@H](c1ccccc1[N+](=O)[O-])C(F)(F)F. The van der Waals surface area contributed by atoms with E-state index in [1.165, 1.54) is 12.1 Å². The van der Waals surface area contributed by atoms with E-state index in [1.54, 1.807) is 0 Å². The van der Waals surface area contributed by atoms with Crippen LogP contribution in [0.25, 0.3) is 0 Å². The Morgan fingerprint density at radius 3 is 2.33 bits per heavy atom. The molecule has 4 nitrogen and oxygen atoms in total. The van der Waals surface area contributed by atoms with Crippen LogP contribution in [0.15, 0.2) is 24.3 Å². The van der Waals surface area contributed by atoms with Crippen molar-refractivity contribution in [3.05, 3.63) is 39.9 Å². The van der Waals surface area contributed by atoms with Crippen molar-refractivity contribution in [2.45, 2.75) is 34.6 Å². The van der Waals surface area contributed by atoms with Gasteiger partial charge in [-0.1, -0.05) is 0 Å². The summed E-state index contributed by atoms with van der Waals surface area (Å²) in [7, 11) is 0. The van der Waals surface area contributed by atoms with E-state index in [9.17, 15) is 23.3 Å². The molecule has 0 bridgehead atoms. The number of benzene rings is 1. The molecular formula is C13H18AsF3NO3. The Bertz CT molecular complexity index is 500. The maximum atomic E-state index is 13.1. The molecule has 0 aliphatic rings. The number of nitro groups is 1. The number of rotatable bonds is 6. The van der Waals surface area contributed by atoms with Crippen molar-refractivity contribution in [3.63, 3.8) is 0 Å². The standard InChI is InChI=1S/C13H18AsF3NO3/c1-14(2,3)8-9-21-12(13(15,16)17)10-6-4-5-7-11(10)18(19)20/h4-7,12H,8-9H2,1-3H3/t12-/m0/s1. The van der Waals surface area contributed by atoms with Gasteiger partial charge in [-0.25, -0.2) is 0 Å². The molecule has 0 N–H and O–H groups in total. The molecule has 0 aromatic heterocycles. The minimum atomic E-state index is -4.69. The molecule has 0 unspecified atom stereocenters. The van der Waals surface area contributed by atoms with Gasteiger partial charge in [0.2, 0.25) is 0 Å². The molecule has 21 heavy (non-hydrogen) atoms. The summed E-state index contributed by atoms with van der Waals surface area (Å²) < 4.78 is 44.4. The van der Waals surface area contributed by atoms with Crippen molar-refractivity contribution in [2.75, 3.05) is 6.61 Å². The molecule has 0 aliphatic heterocycles. The molecule has 119 valence electrons. The summed E-state index contributed by atoms with van der Waals surface area (Å²) in [6.45, 7) is -0.0489. The van der Waals surface area contributed by atoms with E-state index in [0.29, 0.717) is 5.21 Å². The van der Waals surface area contributed by atoms with Gasteiger partial charge in [0.15, 0.2) is 0 Å². The second kappa shape index (κ2) is 6.79. The fourth-order valence-corrected chi connectivity index (χ4v) is 3.05. The van der Waals surface area contributed by atoms with Gasteiger partial charge in [0, 0.05) is 0 Å². The van der Waals surface area contributed by atoms with Gasteiger partial charge in [-0.3, -0.25) is 0 Å². The second-order valence-electron chi connectivity index (χ2n) is 5.62. The summed E-state index contributed by atoms with van der Waals surface area (Å²) in [5.74, 6) is 0. The Labute approximate surface area is 123 Å². The molecule has 0 aliphatic carbocycles. The summed E-state index contributed by atoms with van der Waals surface area (Å²) >= 11 is -1.87. The number of nitrogens with zero attached hydrogens (tertiary/aromatic N) is 1. The first-order valence-electron chi connectivity index (χ1n) is 6.24. The van der Waals surface area contributed by atoms with Crippen molar-refractivity contribution in [2.24, 2.45) is 0 Å². The molecule has 1 aromatic rings. The van der Waals surface area contributed by atoms with Crippen LogP contribution in [0.3, 0.4) is 0 Å². The van der Waals surface area contributed by atoms with Crippen LogP contribution in [0.5, 0.6) is 0 Å². The van der Waals surface area contributed by atoms with Gasteiger partial charge >= 0.3 is 123 Å². The Hall–Kier alpha value is -1.07. The van der Waals surface area contributed by atoms with Crippen LogP contribution in [-0.2, 0) is 4.74 Å². The molecule has 1 radical (unpaired) electrons. The minimum absolute atomic E-state index is 0.0489. The summed E-state index contributed by atoms with van der Waals surface area (Å²) in [6.07, 6.45) is -6.95. The second-order valence-corrected chi connectivity index (χ2v) is 16.2. The monoisotopic (exact) mass is 368 g/mol. The number of halogens is 3. The number of ether oxygens (including phenoxy) is 1. The molecule has 0 heterocycles. The third-order valence-corrected chi connectivity index (χ3v) is 5.96. The molecule has 0 fully saturated rings. The maximum absolute atomic E-state index is 13.1. The Balaban J connectivity index is 3.02. The van der Waals surface area contributed by atoms with E-state index in [-0.39, 0.29) is 6.61 Å². The van der Waals surface area contributed by atoms with Crippen LogP contribution in [0.1, 0.15) is 11.7 Å². The normalized spacial score (nSPS) is 14.0. The molecule has 0 saturated carbocycles. The summed E-state index contributed by atoms with van der Waals surface area (Å²) in [4.78, 5) is 10.1. The Morgan fingerprint density at radius 1 is 1.29 bits per heavy atom. The molecular weight excluding hydrogens is 350 g/mol. The van der Waals surface area contributed by atoms with E-state index in [4.69, 9.17) is 4.74 Å². The Kier molecular flexibility index (Phi) is 5.82. The zero-order chi connectivity index (χ0) is 16.3. The van der Waals surface area contributed by atoms with Crippen molar-refractivity contribution in [3.8, 4) is 0 Å². The average Bonchev–Trinajstić information content (AvgIpc) is 2.32. The van der Waals surface area contributed by atoms with E-state index in [0.717, 1.165) is 12.1 Å². The fraction of sp³-hybridized carbons (Fsp3) is 0.538. The quantitative estimate of drug-likeness (QED) is 0.420. The molecule has 1 atom stereocenters. The van der Waals surface area contributed by atoms with Gasteiger partial charge in [0.1, 0.15) is 0 Å². The van der Waals surface area contributed by atoms with Crippen molar-refractivity contribution in [1.29, 1.82) is 0 Å². The van der Waals surface area contributed by atoms with E-state index >= 15 is 0 Å². The first-order chi connectivity index (χ1) is 9.52. The topological polar surface area (TPSA) is 52.4 Å². The van der Waals surface area contributed by atoms with Gasteiger partial charge in [0.25, 0.3) is 0 Å². The molecule has 0 saturated heterocycles. The zero-order valence-corrected chi connectivity index (χ0v) is 13.9. The first-order valence-corrected chi connectivity index (χ1v) is 13.2. The number of nitro benzene ring substituents is 1. The molecule has 0 amide bonds. The van der Waals surface area contributed by atoms with Gasteiger partial charge in [-0.15, -0.1) is 0 Å². The summed E-state index contributed by atoms with van der Waals surface area (Å²) in [6, 6.07) is 4.81. The van der Waals surface area contributed by atoms with Crippen LogP contribution in [0.4, 0.5) is 18.9 Å². The third kappa shape index (κ3) is 5.67. The van der Waals surface area contributed by atoms with Crippen molar-refractivity contribution in [1.82, 2.24) is 0 Å². The molecule has 1 aromatic carbocycles.